The van der Waals surface area contributed by atoms with E-state index in [0.29, 0.717) is 5.69 Å². The molecule has 2 aromatic heterocycles. The minimum atomic E-state index is -0.256. The summed E-state index contributed by atoms with van der Waals surface area (Å²) in [4.78, 5) is 13.1. The van der Waals surface area contributed by atoms with Crippen molar-refractivity contribution in [2.75, 3.05) is 13.2 Å². The van der Waals surface area contributed by atoms with Gasteiger partial charge in [0.25, 0.3) is 5.91 Å². The fraction of sp³-hybridized carbons (Fsp3) is 0.158. The first kappa shape index (κ1) is 16.8. The Morgan fingerprint density at radius 1 is 1.28 bits per heavy atom. The van der Waals surface area contributed by atoms with E-state index in [1.807, 2.05) is 48.7 Å². The quantitative estimate of drug-likeness (QED) is 0.694. The number of aromatic amines is 1. The molecule has 0 radical (unpaired) electrons. The van der Waals surface area contributed by atoms with Crippen LogP contribution in [0.25, 0.3) is 10.6 Å². The van der Waals surface area contributed by atoms with Gasteiger partial charge < -0.3 is 10.1 Å². The molecule has 1 amide bonds. The van der Waals surface area contributed by atoms with Crippen molar-refractivity contribution in [2.45, 2.75) is 6.92 Å². The van der Waals surface area contributed by atoms with Gasteiger partial charge in [-0.1, -0.05) is 36.1 Å². The SMILES string of the molecule is Cc1ccccc1OCC#CCNC(=O)c1cc(-c2cccs2)[nH]n1. The van der Waals surface area contributed by atoms with Gasteiger partial charge in [0.05, 0.1) is 17.1 Å². The van der Waals surface area contributed by atoms with Crippen molar-refractivity contribution >= 4 is 17.2 Å². The molecule has 3 rings (SSSR count). The summed E-state index contributed by atoms with van der Waals surface area (Å²) in [6, 6.07) is 13.4. The highest BCUT2D eigenvalue weighted by Crippen LogP contribution is 2.22. The summed E-state index contributed by atoms with van der Waals surface area (Å²) in [5, 5.41) is 11.6. The van der Waals surface area contributed by atoms with Gasteiger partial charge in [-0.3, -0.25) is 9.89 Å². The lowest BCUT2D eigenvalue weighted by atomic mass is 10.2. The maximum absolute atomic E-state index is 12.0. The van der Waals surface area contributed by atoms with E-state index in [-0.39, 0.29) is 19.1 Å². The van der Waals surface area contributed by atoms with Gasteiger partial charge in [0.1, 0.15) is 12.4 Å². The highest BCUT2D eigenvalue weighted by Gasteiger charge is 2.10. The average Bonchev–Trinajstić information content (AvgIpc) is 3.30. The minimum Gasteiger partial charge on any atom is -0.481 e. The van der Waals surface area contributed by atoms with E-state index >= 15 is 0 Å². The molecule has 0 atom stereocenters. The van der Waals surface area contributed by atoms with Crippen LogP contribution in [0.15, 0.2) is 47.8 Å². The Kier molecular flexibility index (Phi) is 5.50. The number of H-pyrrole nitrogens is 1. The van der Waals surface area contributed by atoms with Gasteiger partial charge in [-0.25, -0.2) is 0 Å². The van der Waals surface area contributed by atoms with Crippen molar-refractivity contribution < 1.29 is 9.53 Å². The number of carbonyl (C=O) groups excluding carboxylic acids is 1. The molecule has 0 spiro atoms. The molecule has 2 heterocycles. The zero-order valence-electron chi connectivity index (χ0n) is 13.7. The number of amides is 1. The van der Waals surface area contributed by atoms with E-state index in [1.54, 1.807) is 17.4 Å². The summed E-state index contributed by atoms with van der Waals surface area (Å²) < 4.78 is 5.57. The van der Waals surface area contributed by atoms with Crippen LogP contribution < -0.4 is 10.1 Å². The maximum Gasteiger partial charge on any atom is 0.272 e. The van der Waals surface area contributed by atoms with E-state index in [0.717, 1.165) is 21.9 Å². The monoisotopic (exact) mass is 351 g/mol. The largest absolute Gasteiger partial charge is 0.481 e. The third kappa shape index (κ3) is 4.49. The van der Waals surface area contributed by atoms with Crippen LogP contribution >= 0.6 is 11.3 Å². The third-order valence-electron chi connectivity index (χ3n) is 3.45. The summed E-state index contributed by atoms with van der Waals surface area (Å²) in [6.07, 6.45) is 0. The van der Waals surface area contributed by atoms with Crippen molar-refractivity contribution in [2.24, 2.45) is 0 Å². The van der Waals surface area contributed by atoms with E-state index < -0.39 is 0 Å². The zero-order chi connectivity index (χ0) is 17.5. The second-order valence-electron chi connectivity index (χ2n) is 5.23. The lowest BCUT2D eigenvalue weighted by Crippen LogP contribution is -2.24. The molecule has 0 aliphatic rings. The van der Waals surface area contributed by atoms with Crippen molar-refractivity contribution in [1.29, 1.82) is 0 Å². The molecule has 1 aromatic carbocycles. The molecule has 0 aliphatic carbocycles. The summed E-state index contributed by atoms with van der Waals surface area (Å²) in [6.45, 7) is 2.51. The molecular formula is C19H17N3O2S. The lowest BCUT2D eigenvalue weighted by molar-refractivity contribution is 0.0953. The molecule has 0 bridgehead atoms. The number of benzene rings is 1. The fourth-order valence-electron chi connectivity index (χ4n) is 2.16. The van der Waals surface area contributed by atoms with Crippen molar-refractivity contribution in [3.8, 4) is 28.2 Å². The number of thiophene rings is 1. The highest BCUT2D eigenvalue weighted by molar-refractivity contribution is 7.13. The summed E-state index contributed by atoms with van der Waals surface area (Å²) in [5.74, 6) is 6.31. The number of rotatable bonds is 5. The Morgan fingerprint density at radius 2 is 2.16 bits per heavy atom. The van der Waals surface area contributed by atoms with Crippen molar-refractivity contribution in [1.82, 2.24) is 15.5 Å². The Labute approximate surface area is 150 Å². The molecule has 5 nitrogen and oxygen atoms in total. The fourth-order valence-corrected chi connectivity index (χ4v) is 2.85. The normalized spacial score (nSPS) is 9.96. The molecule has 2 N–H and O–H groups in total. The first-order chi connectivity index (χ1) is 12.2. The Hall–Kier alpha value is -3.04. The number of aromatic nitrogens is 2. The minimum absolute atomic E-state index is 0.247. The average molecular weight is 351 g/mol. The molecule has 0 saturated heterocycles. The predicted octanol–water partition coefficient (Wildman–Crippen LogP) is 3.26. The molecule has 0 fully saturated rings. The van der Waals surface area contributed by atoms with Crippen LogP contribution in [0.3, 0.4) is 0 Å². The maximum atomic E-state index is 12.0. The van der Waals surface area contributed by atoms with E-state index in [4.69, 9.17) is 4.74 Å². The number of aryl methyl sites for hydroxylation is 1. The summed E-state index contributed by atoms with van der Waals surface area (Å²) in [5.41, 5.74) is 2.25. The molecule has 3 aromatic rings. The second-order valence-corrected chi connectivity index (χ2v) is 6.18. The van der Waals surface area contributed by atoms with Gasteiger partial charge in [0, 0.05) is 0 Å². The van der Waals surface area contributed by atoms with E-state index in [1.165, 1.54) is 0 Å². The van der Waals surface area contributed by atoms with Crippen LogP contribution in [0.5, 0.6) is 5.75 Å². The summed E-state index contributed by atoms with van der Waals surface area (Å²) >= 11 is 1.59. The lowest BCUT2D eigenvalue weighted by Gasteiger charge is -2.04. The van der Waals surface area contributed by atoms with Crippen LogP contribution in [-0.2, 0) is 0 Å². The number of nitrogens with one attached hydrogen (secondary N) is 2. The molecule has 0 saturated carbocycles. The Bertz CT molecular complexity index is 904. The number of ether oxygens (including phenoxy) is 1. The first-order valence-electron chi connectivity index (χ1n) is 7.75. The van der Waals surface area contributed by atoms with Crippen LogP contribution in [0.1, 0.15) is 16.1 Å². The first-order valence-corrected chi connectivity index (χ1v) is 8.63. The van der Waals surface area contributed by atoms with Crippen LogP contribution in [0.2, 0.25) is 0 Å². The third-order valence-corrected chi connectivity index (χ3v) is 4.36. The molecule has 126 valence electrons. The van der Waals surface area contributed by atoms with Crippen LogP contribution in [-0.4, -0.2) is 29.3 Å². The van der Waals surface area contributed by atoms with Crippen LogP contribution in [0.4, 0.5) is 0 Å². The number of hydrogen-bond acceptors (Lipinski definition) is 4. The number of hydrogen-bond donors (Lipinski definition) is 2. The molecular weight excluding hydrogens is 334 g/mol. The van der Waals surface area contributed by atoms with Gasteiger partial charge in [0.2, 0.25) is 0 Å². The predicted molar refractivity (Wildman–Crippen MR) is 98.7 cm³/mol. The smallest absolute Gasteiger partial charge is 0.272 e. The summed E-state index contributed by atoms with van der Waals surface area (Å²) in [7, 11) is 0. The number of carbonyl (C=O) groups is 1. The van der Waals surface area contributed by atoms with Gasteiger partial charge in [0.15, 0.2) is 5.69 Å². The Balaban J connectivity index is 1.45. The standard InChI is InChI=1S/C19H17N3O2S/c1-14-7-2-3-8-17(14)24-11-5-4-10-20-19(23)16-13-15(21-22-16)18-9-6-12-25-18/h2-3,6-9,12-13H,10-11H2,1H3,(H,20,23)(H,21,22). The van der Waals surface area contributed by atoms with E-state index in [9.17, 15) is 4.79 Å². The zero-order valence-corrected chi connectivity index (χ0v) is 14.5. The molecule has 0 aliphatic heterocycles. The van der Waals surface area contributed by atoms with Gasteiger partial charge in [-0.05, 0) is 36.1 Å². The highest BCUT2D eigenvalue weighted by atomic mass is 32.1. The van der Waals surface area contributed by atoms with Crippen molar-refractivity contribution in [3.63, 3.8) is 0 Å². The molecule has 0 unspecified atom stereocenters. The topological polar surface area (TPSA) is 67.0 Å². The van der Waals surface area contributed by atoms with Gasteiger partial charge in [-0.15, -0.1) is 11.3 Å². The van der Waals surface area contributed by atoms with Crippen molar-refractivity contribution in [3.05, 3.63) is 59.1 Å². The molecule has 6 heteroatoms. The number of nitrogens with zero attached hydrogens (tertiary/aromatic N) is 1. The van der Waals surface area contributed by atoms with Gasteiger partial charge in [-0.2, -0.15) is 5.10 Å². The number of para-hydroxylation sites is 1. The Morgan fingerprint density at radius 3 is 2.96 bits per heavy atom. The molecule has 25 heavy (non-hydrogen) atoms. The second kappa shape index (κ2) is 8.18. The van der Waals surface area contributed by atoms with Crippen LogP contribution in [0, 0.1) is 18.8 Å². The van der Waals surface area contributed by atoms with E-state index in [2.05, 4.69) is 27.4 Å². The van der Waals surface area contributed by atoms with Gasteiger partial charge >= 0.3 is 0 Å².